The van der Waals surface area contributed by atoms with E-state index in [2.05, 4.69) is 30.6 Å². The molecule has 0 saturated heterocycles. The molecule has 0 bridgehead atoms. The molecule has 3 heterocycles. The Bertz CT molecular complexity index is 1210. The Balaban J connectivity index is 1.30. The van der Waals surface area contributed by atoms with Gasteiger partial charge in [-0.15, -0.1) is 10.2 Å². The maximum atomic E-state index is 12.8. The third-order valence-corrected chi connectivity index (χ3v) is 5.51. The van der Waals surface area contributed by atoms with E-state index in [1.165, 1.54) is 64.3 Å². The molecular weight excluding hydrogens is 421 g/mol. The third-order valence-electron chi connectivity index (χ3n) is 3.50. The van der Waals surface area contributed by atoms with E-state index < -0.39 is 5.91 Å². The summed E-state index contributed by atoms with van der Waals surface area (Å²) in [6, 6.07) is 6.77. The number of benzene rings is 1. The number of hydrogen-bond acceptors (Lipinski definition) is 9. The second-order valence-corrected chi connectivity index (χ2v) is 7.76. The quantitative estimate of drug-likeness (QED) is 0.333. The van der Waals surface area contributed by atoms with Gasteiger partial charge in [0.1, 0.15) is 17.9 Å². The van der Waals surface area contributed by atoms with Gasteiger partial charge in [0.15, 0.2) is 10.9 Å². The number of halogens is 1. The van der Waals surface area contributed by atoms with Crippen LogP contribution in [0.15, 0.2) is 45.8 Å². The second kappa shape index (κ2) is 8.36. The molecular formula is C16H12FN7O3S2. The molecule has 13 heteroatoms. The Kier molecular flexibility index (Phi) is 5.48. The zero-order chi connectivity index (χ0) is 20.2. The number of carbonyl (C=O) groups is 1. The van der Waals surface area contributed by atoms with Crippen LogP contribution in [-0.2, 0) is 10.5 Å². The molecule has 0 aliphatic heterocycles. The first kappa shape index (κ1) is 19.0. The minimum Gasteiger partial charge on any atom is -0.484 e. The minimum absolute atomic E-state index is 0.245. The van der Waals surface area contributed by atoms with Crippen LogP contribution in [-0.4, -0.2) is 42.3 Å². The van der Waals surface area contributed by atoms with Gasteiger partial charge in [0.05, 0.1) is 5.69 Å². The maximum absolute atomic E-state index is 12.8. The van der Waals surface area contributed by atoms with Gasteiger partial charge in [0.25, 0.3) is 17.2 Å². The van der Waals surface area contributed by atoms with E-state index >= 15 is 0 Å². The fraction of sp³-hybridized carbons (Fsp3) is 0.125. The van der Waals surface area contributed by atoms with Crippen LogP contribution in [0, 0.1) is 5.82 Å². The zero-order valence-corrected chi connectivity index (χ0v) is 16.2. The highest BCUT2D eigenvalue weighted by Crippen LogP contribution is 2.27. The summed E-state index contributed by atoms with van der Waals surface area (Å²) in [5.74, 6) is 0.271. The van der Waals surface area contributed by atoms with Crippen molar-refractivity contribution < 1.29 is 13.9 Å². The first-order valence-corrected chi connectivity index (χ1v) is 9.93. The largest absolute Gasteiger partial charge is 0.484 e. The highest BCUT2D eigenvalue weighted by molar-refractivity contribution is 8.00. The number of nitrogens with one attached hydrogen (secondary N) is 2. The van der Waals surface area contributed by atoms with Crippen molar-refractivity contribution in [2.45, 2.75) is 10.1 Å². The molecule has 148 valence electrons. The summed E-state index contributed by atoms with van der Waals surface area (Å²) in [5, 5.41) is 13.5. The molecule has 0 fully saturated rings. The summed E-state index contributed by atoms with van der Waals surface area (Å²) in [7, 11) is 0. The van der Waals surface area contributed by atoms with Gasteiger partial charge in [-0.1, -0.05) is 23.1 Å². The summed E-state index contributed by atoms with van der Waals surface area (Å²) < 4.78 is 20.0. The van der Waals surface area contributed by atoms with Crippen molar-refractivity contribution in [1.82, 2.24) is 29.8 Å². The van der Waals surface area contributed by atoms with Crippen LogP contribution >= 0.6 is 23.1 Å². The molecule has 0 unspecified atom stereocenters. The van der Waals surface area contributed by atoms with Gasteiger partial charge in [-0.25, -0.2) is 14.4 Å². The Labute approximate surface area is 170 Å². The molecule has 1 amide bonds. The molecule has 3 aromatic heterocycles. The van der Waals surface area contributed by atoms with Crippen LogP contribution in [0.5, 0.6) is 5.75 Å². The van der Waals surface area contributed by atoms with Crippen molar-refractivity contribution in [2.24, 2.45) is 0 Å². The predicted octanol–water partition coefficient (Wildman–Crippen LogP) is 1.72. The highest BCUT2D eigenvalue weighted by atomic mass is 32.2. The number of ether oxygens (including phenoxy) is 1. The van der Waals surface area contributed by atoms with Crippen molar-refractivity contribution >= 4 is 39.9 Å². The van der Waals surface area contributed by atoms with Crippen molar-refractivity contribution in [3.8, 4) is 5.75 Å². The van der Waals surface area contributed by atoms with Crippen LogP contribution < -0.4 is 15.6 Å². The number of hydrogen-bond donors (Lipinski definition) is 2. The zero-order valence-electron chi connectivity index (χ0n) is 14.5. The number of fused-ring (bicyclic) bond motifs is 1. The highest BCUT2D eigenvalue weighted by Gasteiger charge is 2.11. The number of rotatable bonds is 7. The lowest BCUT2D eigenvalue weighted by molar-refractivity contribution is -0.118. The van der Waals surface area contributed by atoms with E-state index in [4.69, 9.17) is 4.74 Å². The molecule has 4 rings (SSSR count). The van der Waals surface area contributed by atoms with E-state index in [0.717, 1.165) is 0 Å². The van der Waals surface area contributed by atoms with Crippen molar-refractivity contribution in [3.05, 3.63) is 58.5 Å². The van der Waals surface area contributed by atoms with E-state index in [9.17, 15) is 14.0 Å². The van der Waals surface area contributed by atoms with Crippen LogP contribution in [0.1, 0.15) is 5.69 Å². The van der Waals surface area contributed by atoms with E-state index in [-0.39, 0.29) is 18.0 Å². The molecule has 29 heavy (non-hydrogen) atoms. The number of aromatic amines is 1. The molecule has 1 aromatic carbocycles. The monoisotopic (exact) mass is 433 g/mol. The second-order valence-electron chi connectivity index (χ2n) is 5.56. The third kappa shape index (κ3) is 4.75. The number of amides is 1. The lowest BCUT2D eigenvalue weighted by Crippen LogP contribution is -2.20. The molecule has 0 aliphatic rings. The van der Waals surface area contributed by atoms with Gasteiger partial charge >= 0.3 is 0 Å². The average molecular weight is 433 g/mol. The predicted molar refractivity (Wildman–Crippen MR) is 104 cm³/mol. The summed E-state index contributed by atoms with van der Waals surface area (Å²) in [5.41, 5.74) is 0.301. The van der Waals surface area contributed by atoms with E-state index in [1.807, 2.05) is 0 Å². The van der Waals surface area contributed by atoms with Crippen molar-refractivity contribution in [1.29, 1.82) is 0 Å². The smallest absolute Gasteiger partial charge is 0.274 e. The summed E-state index contributed by atoms with van der Waals surface area (Å²) in [6.45, 7) is -0.245. The molecule has 0 aliphatic carbocycles. The molecule has 0 spiro atoms. The lowest BCUT2D eigenvalue weighted by atomic mass is 10.3. The SMILES string of the molecule is O=C(COc1ccc(F)cc1)Nc1nnc(SCc2cc(=O)n3[nH]cnc3n2)s1. The molecule has 0 radical (unpaired) electrons. The molecule has 2 N–H and O–H groups in total. The first-order chi connectivity index (χ1) is 14.1. The van der Waals surface area contributed by atoms with Gasteiger partial charge < -0.3 is 4.74 Å². The summed E-state index contributed by atoms with van der Waals surface area (Å²) in [4.78, 5) is 32.1. The maximum Gasteiger partial charge on any atom is 0.274 e. The summed E-state index contributed by atoms with van der Waals surface area (Å²) in [6.07, 6.45) is 1.39. The fourth-order valence-electron chi connectivity index (χ4n) is 2.23. The van der Waals surface area contributed by atoms with Crippen LogP contribution in [0.25, 0.3) is 5.78 Å². The first-order valence-electron chi connectivity index (χ1n) is 8.13. The van der Waals surface area contributed by atoms with Crippen molar-refractivity contribution in [3.63, 3.8) is 0 Å². The molecule has 4 aromatic rings. The van der Waals surface area contributed by atoms with Gasteiger partial charge in [0, 0.05) is 11.8 Å². The van der Waals surface area contributed by atoms with Crippen LogP contribution in [0.2, 0.25) is 0 Å². The molecule has 10 nitrogen and oxygen atoms in total. The molecule has 0 atom stereocenters. The van der Waals surface area contributed by atoms with Crippen LogP contribution in [0.4, 0.5) is 9.52 Å². The van der Waals surface area contributed by atoms with E-state index in [1.54, 1.807) is 0 Å². The summed E-state index contributed by atoms with van der Waals surface area (Å²) >= 11 is 2.52. The topological polar surface area (TPSA) is 127 Å². The van der Waals surface area contributed by atoms with E-state index in [0.29, 0.717) is 32.4 Å². The normalized spacial score (nSPS) is 10.9. The number of nitrogens with zero attached hydrogens (tertiary/aromatic N) is 5. The van der Waals surface area contributed by atoms with Gasteiger partial charge in [-0.3, -0.25) is 20.0 Å². The number of aromatic nitrogens is 6. The number of H-pyrrole nitrogens is 1. The Morgan fingerprint density at radius 1 is 1.31 bits per heavy atom. The van der Waals surface area contributed by atoms with Gasteiger partial charge in [-0.05, 0) is 24.3 Å². The van der Waals surface area contributed by atoms with Gasteiger partial charge in [0.2, 0.25) is 5.13 Å². The Hall–Kier alpha value is -3.32. The fourth-order valence-corrected chi connectivity index (χ4v) is 3.89. The number of anilines is 1. The minimum atomic E-state index is -0.416. The Morgan fingerprint density at radius 2 is 2.14 bits per heavy atom. The number of carbonyl (C=O) groups excluding carboxylic acids is 1. The standard InChI is InChI=1S/C16H12FN7O3S2/c17-9-1-3-11(4-2-9)27-6-12(25)21-15-22-23-16(29-15)28-7-10-5-13(26)24-14(20-10)18-8-19-24/h1-5,8H,6-7H2,(H,18,19,20)(H,21,22,25). The van der Waals surface area contributed by atoms with Gasteiger partial charge in [-0.2, -0.15) is 4.52 Å². The average Bonchev–Trinajstić information content (AvgIpc) is 3.35. The lowest BCUT2D eigenvalue weighted by Gasteiger charge is -2.05. The van der Waals surface area contributed by atoms with Crippen LogP contribution in [0.3, 0.4) is 0 Å². The van der Waals surface area contributed by atoms with Crippen molar-refractivity contribution in [2.75, 3.05) is 11.9 Å². The molecule has 0 saturated carbocycles. The number of thioether (sulfide) groups is 1. The Morgan fingerprint density at radius 3 is 2.97 bits per heavy atom.